The van der Waals surface area contributed by atoms with Crippen molar-refractivity contribution < 1.29 is 13.2 Å². The van der Waals surface area contributed by atoms with Crippen molar-refractivity contribution in [1.82, 2.24) is 13.9 Å². The van der Waals surface area contributed by atoms with Crippen LogP contribution in [0.3, 0.4) is 0 Å². The van der Waals surface area contributed by atoms with Crippen molar-refractivity contribution in [2.75, 3.05) is 28.2 Å². The van der Waals surface area contributed by atoms with E-state index in [9.17, 15) is 13.2 Å². The van der Waals surface area contributed by atoms with Crippen LogP contribution in [-0.2, 0) is 15.0 Å². The number of nitrogens with one attached hydrogen (secondary N) is 1. The molecule has 0 spiro atoms. The molecule has 1 N–H and O–H groups in total. The molecular formula is C7H17N3O3S. The first-order valence-electron chi connectivity index (χ1n) is 4.09. The number of rotatable bonds is 4. The molecule has 0 aromatic carbocycles. The quantitative estimate of drug-likeness (QED) is 0.655. The van der Waals surface area contributed by atoms with Gasteiger partial charge in [-0.2, -0.15) is 17.4 Å². The lowest BCUT2D eigenvalue weighted by molar-refractivity contribution is -0.130. The number of carbonyl (C=O) groups excluding carboxylic acids is 1. The predicted octanol–water partition coefficient (Wildman–Crippen LogP) is -1.14. The zero-order valence-corrected chi connectivity index (χ0v) is 9.92. The van der Waals surface area contributed by atoms with E-state index in [1.54, 1.807) is 14.1 Å². The van der Waals surface area contributed by atoms with Crippen molar-refractivity contribution in [3.63, 3.8) is 0 Å². The monoisotopic (exact) mass is 223 g/mol. The molecule has 0 saturated carbocycles. The maximum absolute atomic E-state index is 11.3. The van der Waals surface area contributed by atoms with Crippen LogP contribution in [0.5, 0.6) is 0 Å². The highest BCUT2D eigenvalue weighted by Crippen LogP contribution is 1.95. The average Bonchev–Trinajstić information content (AvgIpc) is 2.01. The van der Waals surface area contributed by atoms with Crippen LogP contribution in [0, 0.1) is 0 Å². The van der Waals surface area contributed by atoms with Crippen LogP contribution in [0.15, 0.2) is 0 Å². The standard InChI is InChI=1S/C7H17N3O3S/c1-6(7(11)9(2)3)8-14(12,13)10(4)5/h6,8H,1-5H3. The SMILES string of the molecule is CC(NS(=O)(=O)N(C)C)C(=O)N(C)C. The van der Waals surface area contributed by atoms with Crippen LogP contribution in [0.1, 0.15) is 6.92 Å². The van der Waals surface area contributed by atoms with Crippen molar-refractivity contribution in [3.8, 4) is 0 Å². The summed E-state index contributed by atoms with van der Waals surface area (Å²) in [5.41, 5.74) is 0. The van der Waals surface area contributed by atoms with E-state index >= 15 is 0 Å². The molecule has 0 fully saturated rings. The van der Waals surface area contributed by atoms with Crippen molar-refractivity contribution in [3.05, 3.63) is 0 Å². The van der Waals surface area contributed by atoms with Crippen molar-refractivity contribution in [2.45, 2.75) is 13.0 Å². The lowest BCUT2D eigenvalue weighted by atomic mass is 10.3. The van der Waals surface area contributed by atoms with Crippen LogP contribution in [0.4, 0.5) is 0 Å². The number of carbonyl (C=O) groups is 1. The van der Waals surface area contributed by atoms with E-state index in [0.717, 1.165) is 4.31 Å². The minimum atomic E-state index is -3.54. The second kappa shape index (κ2) is 4.72. The van der Waals surface area contributed by atoms with Crippen molar-refractivity contribution in [2.24, 2.45) is 0 Å². The topological polar surface area (TPSA) is 69.7 Å². The summed E-state index contributed by atoms with van der Waals surface area (Å²) in [6.45, 7) is 1.50. The summed E-state index contributed by atoms with van der Waals surface area (Å²) >= 11 is 0. The van der Waals surface area contributed by atoms with Gasteiger partial charge in [-0.3, -0.25) is 4.79 Å². The van der Waals surface area contributed by atoms with Gasteiger partial charge >= 0.3 is 0 Å². The summed E-state index contributed by atoms with van der Waals surface area (Å²) in [4.78, 5) is 12.7. The van der Waals surface area contributed by atoms with Crippen LogP contribution < -0.4 is 4.72 Å². The fourth-order valence-corrected chi connectivity index (χ4v) is 1.52. The molecular weight excluding hydrogens is 206 g/mol. The molecule has 84 valence electrons. The number of amides is 1. The zero-order valence-electron chi connectivity index (χ0n) is 9.10. The third kappa shape index (κ3) is 3.60. The summed E-state index contributed by atoms with van der Waals surface area (Å²) in [6.07, 6.45) is 0. The fraction of sp³-hybridized carbons (Fsp3) is 0.857. The van der Waals surface area contributed by atoms with Gasteiger partial charge in [0.25, 0.3) is 10.2 Å². The number of nitrogens with zero attached hydrogens (tertiary/aromatic N) is 2. The van der Waals surface area contributed by atoms with Gasteiger partial charge in [0, 0.05) is 28.2 Å². The third-order valence-corrected chi connectivity index (χ3v) is 3.23. The van der Waals surface area contributed by atoms with Crippen LogP contribution in [-0.4, -0.2) is 57.8 Å². The van der Waals surface area contributed by atoms with E-state index in [4.69, 9.17) is 0 Å². The van der Waals surface area contributed by atoms with E-state index in [2.05, 4.69) is 4.72 Å². The van der Waals surface area contributed by atoms with E-state index < -0.39 is 16.3 Å². The van der Waals surface area contributed by atoms with Gasteiger partial charge in [0.2, 0.25) is 5.91 Å². The Labute approximate surface area is 85.1 Å². The molecule has 6 nitrogen and oxygen atoms in total. The van der Waals surface area contributed by atoms with E-state index in [0.29, 0.717) is 0 Å². The Bertz CT molecular complexity index is 297. The Morgan fingerprint density at radius 2 is 1.64 bits per heavy atom. The minimum Gasteiger partial charge on any atom is -0.347 e. The Kier molecular flexibility index (Phi) is 4.50. The summed E-state index contributed by atoms with van der Waals surface area (Å²) in [5, 5.41) is 0. The van der Waals surface area contributed by atoms with Crippen molar-refractivity contribution >= 4 is 16.1 Å². The maximum Gasteiger partial charge on any atom is 0.279 e. The molecule has 0 heterocycles. The second-order valence-electron chi connectivity index (χ2n) is 3.36. The molecule has 1 amide bonds. The lowest BCUT2D eigenvalue weighted by Gasteiger charge is -2.20. The highest BCUT2D eigenvalue weighted by atomic mass is 32.2. The summed E-state index contributed by atoms with van der Waals surface area (Å²) < 4.78 is 25.9. The number of hydrogen-bond donors (Lipinski definition) is 1. The number of likely N-dealkylation sites (N-methyl/N-ethyl adjacent to an activating group) is 1. The molecule has 0 rings (SSSR count). The zero-order chi connectivity index (χ0) is 11.5. The van der Waals surface area contributed by atoms with Crippen LogP contribution >= 0.6 is 0 Å². The summed E-state index contributed by atoms with van der Waals surface area (Å²) in [6, 6.07) is -0.752. The molecule has 0 aliphatic heterocycles. The second-order valence-corrected chi connectivity index (χ2v) is 5.28. The largest absolute Gasteiger partial charge is 0.347 e. The van der Waals surface area contributed by atoms with Gasteiger partial charge in [-0.15, -0.1) is 0 Å². The van der Waals surface area contributed by atoms with Crippen LogP contribution in [0.25, 0.3) is 0 Å². The van der Waals surface area contributed by atoms with E-state index in [-0.39, 0.29) is 5.91 Å². The van der Waals surface area contributed by atoms with Gasteiger partial charge in [0.1, 0.15) is 0 Å². The smallest absolute Gasteiger partial charge is 0.279 e. The van der Waals surface area contributed by atoms with E-state index in [1.807, 2.05) is 0 Å². The molecule has 0 aliphatic rings. The molecule has 1 atom stereocenters. The molecule has 0 aliphatic carbocycles. The maximum atomic E-state index is 11.3. The van der Waals surface area contributed by atoms with Gasteiger partial charge in [-0.1, -0.05) is 0 Å². The molecule has 0 aromatic rings. The average molecular weight is 223 g/mol. The lowest BCUT2D eigenvalue weighted by Crippen LogP contribution is -2.47. The summed E-state index contributed by atoms with van der Waals surface area (Å²) in [5.74, 6) is -0.282. The Balaban J connectivity index is 4.49. The Morgan fingerprint density at radius 3 is 1.93 bits per heavy atom. The summed E-state index contributed by atoms with van der Waals surface area (Å²) in [7, 11) is 2.40. The first kappa shape index (κ1) is 13.3. The van der Waals surface area contributed by atoms with Gasteiger partial charge < -0.3 is 4.90 Å². The molecule has 14 heavy (non-hydrogen) atoms. The molecule has 0 saturated heterocycles. The molecule has 1 unspecified atom stereocenters. The van der Waals surface area contributed by atoms with E-state index in [1.165, 1.54) is 25.9 Å². The fourth-order valence-electron chi connectivity index (χ4n) is 0.767. The van der Waals surface area contributed by atoms with Gasteiger partial charge in [0.05, 0.1) is 6.04 Å². The van der Waals surface area contributed by atoms with Gasteiger partial charge in [0.15, 0.2) is 0 Å². The van der Waals surface area contributed by atoms with Gasteiger partial charge in [-0.05, 0) is 6.92 Å². The Hall–Kier alpha value is -0.660. The Morgan fingerprint density at radius 1 is 1.21 bits per heavy atom. The highest BCUT2D eigenvalue weighted by molar-refractivity contribution is 7.87. The van der Waals surface area contributed by atoms with Crippen molar-refractivity contribution in [1.29, 1.82) is 0 Å². The number of hydrogen-bond acceptors (Lipinski definition) is 3. The first-order valence-corrected chi connectivity index (χ1v) is 5.53. The molecule has 0 radical (unpaired) electrons. The predicted molar refractivity (Wildman–Crippen MR) is 53.9 cm³/mol. The first-order chi connectivity index (χ1) is 6.18. The third-order valence-electron chi connectivity index (χ3n) is 1.62. The van der Waals surface area contributed by atoms with Crippen LogP contribution in [0.2, 0.25) is 0 Å². The molecule has 0 bridgehead atoms. The van der Waals surface area contributed by atoms with Gasteiger partial charge in [-0.25, -0.2) is 0 Å². The minimum absolute atomic E-state index is 0.282. The normalized spacial score (nSPS) is 14.1. The molecule has 0 aromatic heterocycles. The molecule has 7 heteroatoms. The highest BCUT2D eigenvalue weighted by Gasteiger charge is 2.22.